The third kappa shape index (κ3) is 1.87. The van der Waals surface area contributed by atoms with Crippen molar-refractivity contribution in [3.05, 3.63) is 11.6 Å². The number of oxime groups is 1. The Labute approximate surface area is 181 Å². The number of fused-ring (bicyclic) bond motifs is 7. The average Bonchev–Trinajstić information content (AvgIpc) is 3.61. The Morgan fingerprint density at radius 2 is 2.10 bits per heavy atom. The van der Waals surface area contributed by atoms with Crippen LogP contribution < -0.4 is 0 Å². The molecule has 31 heavy (non-hydrogen) atoms. The third-order valence-corrected chi connectivity index (χ3v) is 10.6. The summed E-state index contributed by atoms with van der Waals surface area (Å²) < 4.78 is 18.2. The van der Waals surface area contributed by atoms with Gasteiger partial charge in [-0.1, -0.05) is 24.6 Å². The van der Waals surface area contributed by atoms with Crippen molar-refractivity contribution in [2.45, 2.75) is 63.3 Å². The van der Waals surface area contributed by atoms with E-state index in [1.807, 2.05) is 12.3 Å². The van der Waals surface area contributed by atoms with Crippen LogP contribution in [0.4, 0.5) is 4.79 Å². The summed E-state index contributed by atoms with van der Waals surface area (Å²) in [5.41, 5.74) is 0.116. The number of hydrogen-bond donors (Lipinski definition) is 0. The fourth-order valence-corrected chi connectivity index (χ4v) is 9.27. The lowest BCUT2D eigenvalue weighted by atomic mass is 9.43. The lowest BCUT2D eigenvalue weighted by Gasteiger charge is -2.59. The molecule has 5 aliphatic carbocycles. The Kier molecular flexibility index (Phi) is 3.22. The van der Waals surface area contributed by atoms with Crippen molar-refractivity contribution < 1.29 is 28.6 Å². The summed E-state index contributed by atoms with van der Waals surface area (Å²) in [6.45, 7) is 4.98. The lowest BCUT2D eigenvalue weighted by molar-refractivity contribution is -0.125. The SMILES string of the molecule is CO/N=C/[C@@H]1CC2=CC(=O)CC[C@]2(C)[C@@]23O[C@H]2C[C@@]2(C)C(C13)[C@@H]1C[C@@H]1[C@@]21COC(=O)O1. The van der Waals surface area contributed by atoms with E-state index in [1.165, 1.54) is 5.57 Å². The highest BCUT2D eigenvalue weighted by molar-refractivity contribution is 5.92. The molecule has 7 aliphatic rings. The van der Waals surface area contributed by atoms with Gasteiger partial charge in [0, 0.05) is 41.2 Å². The molecule has 2 unspecified atom stereocenters. The monoisotopic (exact) mass is 427 g/mol. The van der Waals surface area contributed by atoms with Gasteiger partial charge in [-0.05, 0) is 43.6 Å². The maximum Gasteiger partial charge on any atom is 0.509 e. The standard InChI is InChI=1S/C24H29NO6/c1-21-5-4-14(26)7-13(21)6-12(10-25-28-3)18-19-15-8-16(15)23(11-29-20(27)31-23)22(19,2)9-17-24(18,21)30-17/h7,10,12,15-19H,4-6,8-9,11H2,1-3H3/b25-10+/t12-,15+,16-,17-,18?,19?,21-,22-,23-,24+/m0/s1. The predicted octanol–water partition coefficient (Wildman–Crippen LogP) is 3.27. The average molecular weight is 427 g/mol. The normalized spacial score (nSPS) is 57.8. The Morgan fingerprint density at radius 3 is 2.84 bits per heavy atom. The minimum Gasteiger partial charge on any atom is -0.430 e. The number of carbonyl (C=O) groups is 2. The highest BCUT2D eigenvalue weighted by atomic mass is 16.8. The molecule has 0 aromatic carbocycles. The first-order valence-electron chi connectivity index (χ1n) is 11.6. The van der Waals surface area contributed by atoms with E-state index in [1.54, 1.807) is 7.11 Å². The van der Waals surface area contributed by atoms with Crippen LogP contribution in [0.25, 0.3) is 0 Å². The summed E-state index contributed by atoms with van der Waals surface area (Å²) in [4.78, 5) is 29.5. The van der Waals surface area contributed by atoms with Crippen molar-refractivity contribution in [1.29, 1.82) is 0 Å². The zero-order valence-corrected chi connectivity index (χ0v) is 18.3. The quantitative estimate of drug-likeness (QED) is 0.291. The van der Waals surface area contributed by atoms with Crippen LogP contribution in [-0.2, 0) is 23.8 Å². The molecule has 6 fully saturated rings. The number of epoxide rings is 1. The predicted molar refractivity (Wildman–Crippen MR) is 108 cm³/mol. The molecule has 2 saturated heterocycles. The molecular formula is C24H29NO6. The molecule has 0 aromatic heterocycles. The largest absolute Gasteiger partial charge is 0.509 e. The molecule has 0 amide bonds. The maximum atomic E-state index is 12.3. The van der Waals surface area contributed by atoms with Crippen molar-refractivity contribution >= 4 is 18.2 Å². The molecule has 2 aliphatic heterocycles. The van der Waals surface area contributed by atoms with E-state index in [0.717, 1.165) is 25.7 Å². The van der Waals surface area contributed by atoms with Gasteiger partial charge in [0.05, 0.1) is 6.10 Å². The van der Waals surface area contributed by atoms with Gasteiger partial charge in [-0.15, -0.1) is 0 Å². The van der Waals surface area contributed by atoms with Gasteiger partial charge in [-0.2, -0.15) is 0 Å². The van der Waals surface area contributed by atoms with Crippen molar-refractivity contribution in [2.24, 2.45) is 45.6 Å². The highest BCUT2D eigenvalue weighted by Gasteiger charge is 2.88. The molecule has 7 nitrogen and oxygen atoms in total. The van der Waals surface area contributed by atoms with Crippen LogP contribution in [0.3, 0.4) is 0 Å². The molecule has 7 heteroatoms. The van der Waals surface area contributed by atoms with E-state index in [-0.39, 0.29) is 40.2 Å². The van der Waals surface area contributed by atoms with E-state index >= 15 is 0 Å². The molecule has 4 saturated carbocycles. The Morgan fingerprint density at radius 1 is 1.26 bits per heavy atom. The number of hydrogen-bond acceptors (Lipinski definition) is 7. The van der Waals surface area contributed by atoms with Gasteiger partial charge in [-0.3, -0.25) is 4.79 Å². The smallest absolute Gasteiger partial charge is 0.430 e. The zero-order chi connectivity index (χ0) is 21.4. The fourth-order valence-electron chi connectivity index (χ4n) is 9.27. The van der Waals surface area contributed by atoms with E-state index in [2.05, 4.69) is 19.0 Å². The van der Waals surface area contributed by atoms with E-state index in [0.29, 0.717) is 30.8 Å². The van der Waals surface area contributed by atoms with Crippen LogP contribution in [0.1, 0.15) is 46.0 Å². The third-order valence-electron chi connectivity index (χ3n) is 10.6. The Balaban J connectivity index is 1.39. The number of nitrogens with zero attached hydrogens (tertiary/aromatic N) is 1. The zero-order valence-electron chi connectivity index (χ0n) is 18.3. The summed E-state index contributed by atoms with van der Waals surface area (Å²) in [7, 11) is 1.57. The van der Waals surface area contributed by atoms with Gasteiger partial charge < -0.3 is 19.0 Å². The van der Waals surface area contributed by atoms with Crippen LogP contribution in [0, 0.1) is 40.4 Å². The molecule has 10 atom stereocenters. The van der Waals surface area contributed by atoms with Crippen molar-refractivity contribution in [1.82, 2.24) is 0 Å². The number of carbonyl (C=O) groups excluding carboxylic acids is 2. The van der Waals surface area contributed by atoms with Crippen molar-refractivity contribution in [3.8, 4) is 0 Å². The Hall–Kier alpha value is -1.89. The summed E-state index contributed by atoms with van der Waals surface area (Å²) >= 11 is 0. The summed E-state index contributed by atoms with van der Waals surface area (Å²) in [5, 5.41) is 4.19. The second kappa shape index (κ2) is 5.36. The van der Waals surface area contributed by atoms with Gasteiger partial charge in [0.2, 0.25) is 0 Å². The van der Waals surface area contributed by atoms with Crippen LogP contribution in [0.5, 0.6) is 0 Å². The van der Waals surface area contributed by atoms with Crippen LogP contribution in [-0.4, -0.2) is 49.2 Å². The van der Waals surface area contributed by atoms with Gasteiger partial charge in [0.25, 0.3) is 0 Å². The maximum absolute atomic E-state index is 12.3. The van der Waals surface area contributed by atoms with Crippen molar-refractivity contribution in [3.63, 3.8) is 0 Å². The lowest BCUT2D eigenvalue weighted by Crippen LogP contribution is -2.64. The minimum absolute atomic E-state index is 0.104. The van der Waals surface area contributed by atoms with Crippen LogP contribution >= 0.6 is 0 Å². The summed E-state index contributed by atoms with van der Waals surface area (Å²) in [6.07, 6.45) is 7.61. The first kappa shape index (κ1) is 18.7. The number of ketones is 1. The van der Waals surface area contributed by atoms with Gasteiger partial charge >= 0.3 is 6.16 Å². The number of rotatable bonds is 2. The van der Waals surface area contributed by atoms with E-state index in [9.17, 15) is 9.59 Å². The van der Waals surface area contributed by atoms with Crippen LogP contribution in [0.2, 0.25) is 0 Å². The number of ether oxygens (including phenoxy) is 3. The molecule has 166 valence electrons. The molecule has 0 aromatic rings. The molecule has 2 heterocycles. The molecule has 2 spiro atoms. The summed E-state index contributed by atoms with van der Waals surface area (Å²) in [6, 6.07) is 0. The molecule has 0 radical (unpaired) electrons. The minimum atomic E-state index is -0.528. The second-order valence-electron chi connectivity index (χ2n) is 11.4. The first-order valence-corrected chi connectivity index (χ1v) is 11.6. The van der Waals surface area contributed by atoms with Crippen molar-refractivity contribution in [2.75, 3.05) is 13.7 Å². The molecule has 0 N–H and O–H groups in total. The number of cyclic esters (lactones) is 1. The van der Waals surface area contributed by atoms with E-state index in [4.69, 9.17) is 19.0 Å². The second-order valence-corrected chi connectivity index (χ2v) is 11.4. The topological polar surface area (TPSA) is 86.7 Å². The fraction of sp³-hybridized carbons (Fsp3) is 0.792. The van der Waals surface area contributed by atoms with Crippen LogP contribution in [0.15, 0.2) is 16.8 Å². The molecular weight excluding hydrogens is 398 g/mol. The molecule has 7 rings (SSSR count). The first-order chi connectivity index (χ1) is 14.8. The van der Waals surface area contributed by atoms with Gasteiger partial charge in [-0.25, -0.2) is 4.79 Å². The Bertz CT molecular complexity index is 975. The van der Waals surface area contributed by atoms with Gasteiger partial charge in [0.1, 0.15) is 19.3 Å². The van der Waals surface area contributed by atoms with E-state index < -0.39 is 11.8 Å². The summed E-state index contributed by atoms with van der Waals surface area (Å²) in [5.74, 6) is 1.88. The van der Waals surface area contributed by atoms with Gasteiger partial charge in [0.15, 0.2) is 11.4 Å². The molecule has 0 bridgehead atoms. The highest BCUT2D eigenvalue weighted by Crippen LogP contribution is 2.83.